The van der Waals surface area contributed by atoms with Crippen molar-refractivity contribution in [3.05, 3.63) is 38.9 Å². The fourth-order valence-corrected chi connectivity index (χ4v) is 2.34. The number of carbonyl (C=O) groups excluding carboxylic acids is 1. The Morgan fingerprint density at radius 2 is 2.12 bits per heavy atom. The molecule has 0 saturated heterocycles. The van der Waals surface area contributed by atoms with Crippen LogP contribution in [0.25, 0.3) is 0 Å². The van der Waals surface area contributed by atoms with E-state index in [-0.39, 0.29) is 37.4 Å². The molecule has 0 bridgehead atoms. The predicted octanol–water partition coefficient (Wildman–Crippen LogP) is 2.17. The summed E-state index contributed by atoms with van der Waals surface area (Å²) in [6.45, 7) is 1.68. The summed E-state index contributed by atoms with van der Waals surface area (Å²) in [7, 11) is 0. The van der Waals surface area contributed by atoms with Crippen LogP contribution in [0.4, 0.5) is 18.9 Å². The van der Waals surface area contributed by atoms with Crippen molar-refractivity contribution < 1.29 is 22.9 Å². The Balaban J connectivity index is 1.82. The Labute approximate surface area is 149 Å². The summed E-state index contributed by atoms with van der Waals surface area (Å²) < 4.78 is 40.5. The van der Waals surface area contributed by atoms with Gasteiger partial charge in [-0.25, -0.2) is 0 Å². The van der Waals surface area contributed by atoms with Crippen LogP contribution < -0.4 is 5.32 Å². The lowest BCUT2D eigenvalue weighted by molar-refractivity contribution is -0.385. The van der Waals surface area contributed by atoms with Gasteiger partial charge in [0.2, 0.25) is 5.91 Å². The molecule has 2 rings (SSSR count). The fraction of sp³-hybridized carbons (Fsp3) is 0.462. The maximum atomic E-state index is 12.7. The Kier molecular flexibility index (Phi) is 5.85. The van der Waals surface area contributed by atoms with Crippen molar-refractivity contribution in [2.24, 2.45) is 0 Å². The molecule has 0 aliphatic carbocycles. The van der Waals surface area contributed by atoms with Gasteiger partial charge in [0.05, 0.1) is 28.7 Å². The average Bonchev–Trinajstić information content (AvgIpc) is 3.12. The van der Waals surface area contributed by atoms with Gasteiger partial charge in [0.25, 0.3) is 0 Å². The van der Waals surface area contributed by atoms with Crippen LogP contribution in [0, 0.1) is 17.0 Å². The van der Waals surface area contributed by atoms with Crippen molar-refractivity contribution >= 4 is 23.2 Å². The zero-order valence-corrected chi connectivity index (χ0v) is 14.2. The highest BCUT2D eigenvalue weighted by Gasteiger charge is 2.38. The zero-order chi connectivity index (χ0) is 19.5. The minimum atomic E-state index is -4.66. The SMILES string of the molecule is Cc1c(Cl)c(C(F)(F)F)nn1CCC(=O)NCCn1cc([N+](=O)[O-])cn1. The third kappa shape index (κ3) is 4.71. The number of nitrogens with one attached hydrogen (secondary N) is 1. The van der Waals surface area contributed by atoms with Gasteiger partial charge in [-0.15, -0.1) is 0 Å². The maximum absolute atomic E-state index is 12.7. The van der Waals surface area contributed by atoms with Gasteiger partial charge in [-0.2, -0.15) is 23.4 Å². The number of carbonyl (C=O) groups is 1. The summed E-state index contributed by atoms with van der Waals surface area (Å²) in [6, 6.07) is 0. The second-order valence-electron chi connectivity index (χ2n) is 5.29. The van der Waals surface area contributed by atoms with E-state index in [2.05, 4.69) is 15.5 Å². The van der Waals surface area contributed by atoms with Gasteiger partial charge >= 0.3 is 11.9 Å². The van der Waals surface area contributed by atoms with E-state index in [0.717, 1.165) is 10.9 Å². The molecule has 0 unspecified atom stereocenters. The number of nitro groups is 1. The van der Waals surface area contributed by atoms with Crippen LogP contribution in [0.2, 0.25) is 5.02 Å². The average molecular weight is 395 g/mol. The smallest absolute Gasteiger partial charge is 0.354 e. The lowest BCUT2D eigenvalue weighted by Crippen LogP contribution is -2.28. The lowest BCUT2D eigenvalue weighted by Gasteiger charge is -2.07. The number of aryl methyl sites for hydroxylation is 1. The predicted molar refractivity (Wildman–Crippen MR) is 83.5 cm³/mol. The van der Waals surface area contributed by atoms with Crippen LogP contribution in [0.15, 0.2) is 12.4 Å². The molecule has 0 aliphatic heterocycles. The largest absolute Gasteiger partial charge is 0.436 e. The van der Waals surface area contributed by atoms with Crippen LogP contribution in [0.3, 0.4) is 0 Å². The van der Waals surface area contributed by atoms with E-state index < -0.39 is 27.7 Å². The standard InChI is InChI=1S/C13H14ClF3N6O3/c1-8-11(14)12(13(15,16)17)20-22(8)4-2-10(24)18-3-5-21-7-9(6-19-21)23(25)26/h6-7H,2-5H2,1H3,(H,18,24). The topological polar surface area (TPSA) is 108 Å². The van der Waals surface area contributed by atoms with E-state index in [0.29, 0.717) is 0 Å². The van der Waals surface area contributed by atoms with E-state index in [4.69, 9.17) is 11.6 Å². The Bertz CT molecular complexity index is 817. The molecule has 13 heteroatoms. The minimum Gasteiger partial charge on any atom is -0.354 e. The van der Waals surface area contributed by atoms with E-state index in [1.165, 1.54) is 17.8 Å². The lowest BCUT2D eigenvalue weighted by atomic mass is 10.3. The Morgan fingerprint density at radius 3 is 2.65 bits per heavy atom. The molecule has 0 aromatic carbocycles. The first-order valence-corrected chi connectivity index (χ1v) is 7.71. The van der Waals surface area contributed by atoms with Crippen LogP contribution in [0.1, 0.15) is 17.8 Å². The first kappa shape index (κ1) is 19.7. The molecule has 0 aliphatic rings. The quantitative estimate of drug-likeness (QED) is 0.572. The third-order valence-electron chi connectivity index (χ3n) is 3.45. The molecule has 0 radical (unpaired) electrons. The van der Waals surface area contributed by atoms with Gasteiger partial charge in [-0.3, -0.25) is 24.3 Å². The molecule has 1 N–H and O–H groups in total. The molecule has 0 saturated carbocycles. The molecule has 9 nitrogen and oxygen atoms in total. The van der Waals surface area contributed by atoms with Crippen molar-refractivity contribution in [1.29, 1.82) is 0 Å². The van der Waals surface area contributed by atoms with E-state index in [9.17, 15) is 28.1 Å². The molecule has 142 valence electrons. The molecule has 0 spiro atoms. The summed E-state index contributed by atoms with van der Waals surface area (Å²) in [5.74, 6) is -0.411. The summed E-state index contributed by atoms with van der Waals surface area (Å²) in [5.41, 5.74) is -1.23. The highest BCUT2D eigenvalue weighted by atomic mass is 35.5. The van der Waals surface area contributed by atoms with E-state index in [1.807, 2.05) is 0 Å². The number of halogens is 4. The monoisotopic (exact) mass is 394 g/mol. The van der Waals surface area contributed by atoms with Crippen LogP contribution in [-0.4, -0.2) is 36.9 Å². The van der Waals surface area contributed by atoms with Gasteiger partial charge in [0.15, 0.2) is 5.69 Å². The maximum Gasteiger partial charge on any atom is 0.436 e. The Morgan fingerprint density at radius 1 is 1.42 bits per heavy atom. The molecular weight excluding hydrogens is 381 g/mol. The first-order chi connectivity index (χ1) is 12.1. The van der Waals surface area contributed by atoms with Gasteiger partial charge in [-0.05, 0) is 6.92 Å². The van der Waals surface area contributed by atoms with Gasteiger partial charge in [0, 0.05) is 13.0 Å². The molecule has 0 atom stereocenters. The van der Waals surface area contributed by atoms with Crippen LogP contribution >= 0.6 is 11.6 Å². The van der Waals surface area contributed by atoms with E-state index in [1.54, 1.807) is 0 Å². The van der Waals surface area contributed by atoms with E-state index >= 15 is 0 Å². The minimum absolute atomic E-state index is 0.0687. The van der Waals surface area contributed by atoms with Crippen molar-refractivity contribution in [3.63, 3.8) is 0 Å². The number of amides is 1. The molecule has 0 fully saturated rings. The number of rotatable bonds is 7. The number of nitrogens with zero attached hydrogens (tertiary/aromatic N) is 5. The van der Waals surface area contributed by atoms with Crippen molar-refractivity contribution in [3.8, 4) is 0 Å². The van der Waals surface area contributed by atoms with Gasteiger partial charge in [-0.1, -0.05) is 11.6 Å². The second kappa shape index (κ2) is 7.72. The van der Waals surface area contributed by atoms with Gasteiger partial charge < -0.3 is 5.32 Å². The summed E-state index contributed by atoms with van der Waals surface area (Å²) in [5, 5.41) is 19.7. The highest BCUT2D eigenvalue weighted by Crippen LogP contribution is 2.35. The Hall–Kier alpha value is -2.63. The summed E-state index contributed by atoms with van der Waals surface area (Å²) in [4.78, 5) is 21.7. The zero-order valence-electron chi connectivity index (χ0n) is 13.5. The third-order valence-corrected chi connectivity index (χ3v) is 3.90. The van der Waals surface area contributed by atoms with Gasteiger partial charge in [0.1, 0.15) is 12.4 Å². The molecule has 1 amide bonds. The molecule has 26 heavy (non-hydrogen) atoms. The fourth-order valence-electron chi connectivity index (χ4n) is 2.10. The number of hydrogen-bond acceptors (Lipinski definition) is 5. The number of alkyl halides is 3. The van der Waals surface area contributed by atoms with Crippen molar-refractivity contribution in [2.45, 2.75) is 32.6 Å². The molecular formula is C13H14ClF3N6O3. The number of hydrogen-bond donors (Lipinski definition) is 1. The second-order valence-corrected chi connectivity index (χ2v) is 5.67. The molecule has 2 aromatic heterocycles. The molecule has 2 heterocycles. The van der Waals surface area contributed by atoms with Crippen LogP contribution in [0.5, 0.6) is 0 Å². The summed E-state index contributed by atoms with van der Waals surface area (Å²) in [6.07, 6.45) is -2.46. The van der Waals surface area contributed by atoms with Crippen molar-refractivity contribution in [2.75, 3.05) is 6.54 Å². The normalized spacial score (nSPS) is 11.6. The highest BCUT2D eigenvalue weighted by molar-refractivity contribution is 6.31. The van der Waals surface area contributed by atoms with Crippen LogP contribution in [-0.2, 0) is 24.1 Å². The first-order valence-electron chi connectivity index (χ1n) is 7.33. The number of aromatic nitrogens is 4. The molecule has 2 aromatic rings. The summed E-state index contributed by atoms with van der Waals surface area (Å²) >= 11 is 5.63. The van der Waals surface area contributed by atoms with Crippen molar-refractivity contribution in [1.82, 2.24) is 24.9 Å².